The molecule has 2 amide bonds. The molecule has 120 valence electrons. The molecule has 1 N–H and O–H groups in total. The lowest BCUT2D eigenvalue weighted by Crippen LogP contribution is -2.33. The number of hydrogen-bond donors (Lipinski definition) is 1. The van der Waals surface area contributed by atoms with Crippen molar-refractivity contribution in [3.8, 4) is 0 Å². The summed E-state index contributed by atoms with van der Waals surface area (Å²) in [6.45, 7) is 2.59. The van der Waals surface area contributed by atoms with Crippen LogP contribution in [0.15, 0.2) is 48.8 Å². The van der Waals surface area contributed by atoms with Crippen molar-refractivity contribution in [1.29, 1.82) is 0 Å². The Labute approximate surface area is 134 Å². The summed E-state index contributed by atoms with van der Waals surface area (Å²) in [5, 5.41) is 2.72. The molecule has 0 saturated heterocycles. The number of benzene rings is 1. The second-order valence-corrected chi connectivity index (χ2v) is 4.93. The van der Waals surface area contributed by atoms with Gasteiger partial charge in [-0.2, -0.15) is 0 Å². The van der Waals surface area contributed by atoms with E-state index in [1.54, 1.807) is 29.4 Å². The van der Waals surface area contributed by atoms with Crippen molar-refractivity contribution in [2.75, 3.05) is 18.4 Å². The number of hydrogen-bond acceptors (Lipinski definition) is 3. The molecular weight excluding hydrogens is 297 g/mol. The van der Waals surface area contributed by atoms with Crippen LogP contribution in [0.25, 0.3) is 0 Å². The van der Waals surface area contributed by atoms with Gasteiger partial charge in [0.15, 0.2) is 0 Å². The van der Waals surface area contributed by atoms with Crippen molar-refractivity contribution in [3.05, 3.63) is 60.2 Å². The fraction of sp³-hybridized carbons (Fsp3) is 0.235. The molecule has 6 heteroatoms. The number of aromatic nitrogens is 1. The molecule has 0 saturated carbocycles. The summed E-state index contributed by atoms with van der Waals surface area (Å²) >= 11 is 0. The highest BCUT2D eigenvalue weighted by molar-refractivity contribution is 5.95. The minimum atomic E-state index is -0.388. The van der Waals surface area contributed by atoms with Crippen LogP contribution in [-0.2, 0) is 4.79 Å². The number of carbonyl (C=O) groups excluding carboxylic acids is 2. The monoisotopic (exact) mass is 315 g/mol. The summed E-state index contributed by atoms with van der Waals surface area (Å²) < 4.78 is 12.9. The van der Waals surface area contributed by atoms with E-state index in [2.05, 4.69) is 10.3 Å². The average molecular weight is 315 g/mol. The lowest BCUT2D eigenvalue weighted by molar-refractivity contribution is -0.116. The molecule has 0 bridgehead atoms. The summed E-state index contributed by atoms with van der Waals surface area (Å²) in [7, 11) is 0. The lowest BCUT2D eigenvalue weighted by atomic mass is 10.2. The van der Waals surface area contributed by atoms with E-state index in [1.807, 2.05) is 6.92 Å². The number of nitrogens with one attached hydrogen (secondary N) is 1. The Bertz CT molecular complexity index is 659. The highest BCUT2D eigenvalue weighted by Gasteiger charge is 2.15. The number of amides is 2. The van der Waals surface area contributed by atoms with Gasteiger partial charge >= 0.3 is 0 Å². The molecule has 0 spiro atoms. The molecule has 5 nitrogen and oxygen atoms in total. The molecule has 23 heavy (non-hydrogen) atoms. The predicted octanol–water partition coefficient (Wildman–Crippen LogP) is 2.71. The van der Waals surface area contributed by atoms with Crippen LogP contribution in [0, 0.1) is 5.82 Å². The lowest BCUT2D eigenvalue weighted by Gasteiger charge is -2.20. The van der Waals surface area contributed by atoms with Gasteiger partial charge in [0.25, 0.3) is 5.91 Å². The second-order valence-electron chi connectivity index (χ2n) is 4.93. The maximum atomic E-state index is 12.9. The molecule has 0 atom stereocenters. The van der Waals surface area contributed by atoms with E-state index in [9.17, 15) is 14.0 Å². The number of halogens is 1. The Morgan fingerprint density at radius 3 is 2.57 bits per heavy atom. The standard InChI is InChI=1S/C17H18FN3O2/c1-2-21(17(23)13-5-7-14(18)8-6-13)11-9-16(22)20-15-4-3-10-19-12-15/h3-8,10,12H,2,9,11H2,1H3,(H,20,22). The summed E-state index contributed by atoms with van der Waals surface area (Å²) in [6, 6.07) is 8.84. The first-order valence-corrected chi connectivity index (χ1v) is 7.35. The van der Waals surface area contributed by atoms with E-state index in [4.69, 9.17) is 0 Å². The minimum absolute atomic E-state index is 0.176. The van der Waals surface area contributed by atoms with E-state index in [1.165, 1.54) is 24.3 Å². The molecular formula is C17H18FN3O2. The Hall–Kier alpha value is -2.76. The van der Waals surface area contributed by atoms with Gasteiger partial charge in [0.05, 0.1) is 11.9 Å². The molecule has 0 fully saturated rings. The van der Waals surface area contributed by atoms with Crippen LogP contribution >= 0.6 is 0 Å². The van der Waals surface area contributed by atoms with E-state index < -0.39 is 0 Å². The SMILES string of the molecule is CCN(CCC(=O)Nc1cccnc1)C(=O)c1ccc(F)cc1. The first-order chi connectivity index (χ1) is 11.1. The van der Waals surface area contributed by atoms with Crippen LogP contribution in [0.4, 0.5) is 10.1 Å². The fourth-order valence-electron chi connectivity index (χ4n) is 2.07. The van der Waals surface area contributed by atoms with Gasteiger partial charge in [-0.15, -0.1) is 0 Å². The Balaban J connectivity index is 1.90. The van der Waals surface area contributed by atoms with Gasteiger partial charge in [-0.05, 0) is 43.3 Å². The van der Waals surface area contributed by atoms with Crippen LogP contribution in [0.3, 0.4) is 0 Å². The van der Waals surface area contributed by atoms with Crippen LogP contribution in [-0.4, -0.2) is 34.8 Å². The van der Waals surface area contributed by atoms with E-state index in [0.29, 0.717) is 24.3 Å². The minimum Gasteiger partial charge on any atom is -0.338 e. The summed E-state index contributed by atoms with van der Waals surface area (Å²) in [5.41, 5.74) is 1.02. The topological polar surface area (TPSA) is 62.3 Å². The molecule has 1 aromatic carbocycles. The largest absolute Gasteiger partial charge is 0.338 e. The first-order valence-electron chi connectivity index (χ1n) is 7.35. The van der Waals surface area contributed by atoms with Crippen LogP contribution in [0.5, 0.6) is 0 Å². The number of rotatable bonds is 6. The van der Waals surface area contributed by atoms with Gasteiger partial charge in [-0.25, -0.2) is 4.39 Å². The number of pyridine rings is 1. The Morgan fingerprint density at radius 2 is 1.96 bits per heavy atom. The van der Waals surface area contributed by atoms with Crippen molar-refractivity contribution < 1.29 is 14.0 Å². The van der Waals surface area contributed by atoms with Crippen molar-refractivity contribution in [1.82, 2.24) is 9.88 Å². The Kier molecular flexibility index (Phi) is 5.80. The van der Waals surface area contributed by atoms with Gasteiger partial charge in [0, 0.05) is 31.3 Å². The molecule has 0 aliphatic heterocycles. The molecule has 1 heterocycles. The second kappa shape index (κ2) is 8.03. The quantitative estimate of drug-likeness (QED) is 0.891. The van der Waals surface area contributed by atoms with Crippen molar-refractivity contribution in [2.24, 2.45) is 0 Å². The highest BCUT2D eigenvalue weighted by Crippen LogP contribution is 2.08. The zero-order valence-corrected chi connectivity index (χ0v) is 12.8. The van der Waals surface area contributed by atoms with Gasteiger partial charge in [0.1, 0.15) is 5.82 Å². The molecule has 1 aromatic heterocycles. The van der Waals surface area contributed by atoms with E-state index in [0.717, 1.165) is 0 Å². The normalized spacial score (nSPS) is 10.2. The fourth-order valence-corrected chi connectivity index (χ4v) is 2.07. The maximum Gasteiger partial charge on any atom is 0.253 e. The van der Waals surface area contributed by atoms with Gasteiger partial charge in [0.2, 0.25) is 5.91 Å². The maximum absolute atomic E-state index is 12.9. The highest BCUT2D eigenvalue weighted by atomic mass is 19.1. The third-order valence-electron chi connectivity index (χ3n) is 3.31. The van der Waals surface area contributed by atoms with Gasteiger partial charge in [-0.3, -0.25) is 14.6 Å². The molecule has 0 unspecified atom stereocenters. The summed E-state index contributed by atoms with van der Waals surface area (Å²) in [4.78, 5) is 29.7. The molecule has 2 rings (SSSR count). The third kappa shape index (κ3) is 4.88. The van der Waals surface area contributed by atoms with Crippen molar-refractivity contribution >= 4 is 17.5 Å². The van der Waals surface area contributed by atoms with E-state index >= 15 is 0 Å². The van der Waals surface area contributed by atoms with Crippen LogP contribution in [0.2, 0.25) is 0 Å². The molecule has 2 aromatic rings. The van der Waals surface area contributed by atoms with Gasteiger partial charge < -0.3 is 10.2 Å². The zero-order chi connectivity index (χ0) is 16.7. The predicted molar refractivity (Wildman–Crippen MR) is 85.5 cm³/mol. The van der Waals surface area contributed by atoms with Crippen molar-refractivity contribution in [2.45, 2.75) is 13.3 Å². The molecule has 0 aliphatic rings. The van der Waals surface area contributed by atoms with Crippen LogP contribution in [0.1, 0.15) is 23.7 Å². The number of anilines is 1. The first kappa shape index (κ1) is 16.6. The smallest absolute Gasteiger partial charge is 0.253 e. The van der Waals surface area contributed by atoms with Crippen molar-refractivity contribution in [3.63, 3.8) is 0 Å². The summed E-state index contributed by atoms with van der Waals surface area (Å²) in [5.74, 6) is -0.800. The Morgan fingerprint density at radius 1 is 1.22 bits per heavy atom. The zero-order valence-electron chi connectivity index (χ0n) is 12.8. The number of nitrogens with zero attached hydrogens (tertiary/aromatic N) is 2. The van der Waals surface area contributed by atoms with E-state index in [-0.39, 0.29) is 24.1 Å². The third-order valence-corrected chi connectivity index (χ3v) is 3.31. The summed E-state index contributed by atoms with van der Waals surface area (Å²) in [6.07, 6.45) is 3.35. The van der Waals surface area contributed by atoms with Gasteiger partial charge in [-0.1, -0.05) is 0 Å². The molecule has 0 aliphatic carbocycles. The molecule has 0 radical (unpaired) electrons. The number of carbonyl (C=O) groups is 2. The average Bonchev–Trinajstić information content (AvgIpc) is 2.56. The van der Waals surface area contributed by atoms with Crippen LogP contribution < -0.4 is 5.32 Å².